The summed E-state index contributed by atoms with van der Waals surface area (Å²) in [6.45, 7) is 1.88. The predicted molar refractivity (Wildman–Crippen MR) is 36.6 cm³/mol. The van der Waals surface area contributed by atoms with Crippen molar-refractivity contribution in [2.24, 2.45) is 5.73 Å². The summed E-state index contributed by atoms with van der Waals surface area (Å²) in [7, 11) is 1.58. The predicted octanol–water partition coefficient (Wildman–Crippen LogP) is -0.0150. The maximum atomic E-state index is 10.7. The number of rotatable bonds is 2. The zero-order valence-electron chi connectivity index (χ0n) is 5.77. The Morgan fingerprint density at radius 1 is 1.78 bits per heavy atom. The van der Waals surface area contributed by atoms with Gasteiger partial charge in [0.25, 0.3) is 0 Å². The van der Waals surface area contributed by atoms with Crippen LogP contribution < -0.4 is 11.1 Å². The van der Waals surface area contributed by atoms with Gasteiger partial charge in [-0.2, -0.15) is 0 Å². The van der Waals surface area contributed by atoms with Gasteiger partial charge in [-0.25, -0.2) is 0 Å². The van der Waals surface area contributed by atoms with E-state index in [1.165, 1.54) is 6.20 Å². The summed E-state index contributed by atoms with van der Waals surface area (Å²) in [5.74, 6) is -0.0972. The van der Waals surface area contributed by atoms with E-state index in [4.69, 9.17) is 5.73 Å². The molecular weight excluding hydrogens is 116 g/mol. The fourth-order valence-electron chi connectivity index (χ4n) is 0.515. The molecule has 0 aliphatic carbocycles. The number of nitrogens with one attached hydrogen (secondary N) is 1. The molecule has 0 atom stereocenters. The SMILES string of the molecule is CC/C(=C\N)C(=O)NC. The molecule has 3 heteroatoms. The second-order valence-corrected chi connectivity index (χ2v) is 1.62. The van der Waals surface area contributed by atoms with Crippen molar-refractivity contribution >= 4 is 5.91 Å². The molecule has 0 spiro atoms. The van der Waals surface area contributed by atoms with Crippen molar-refractivity contribution in [1.29, 1.82) is 0 Å². The Balaban J connectivity index is 3.97. The summed E-state index contributed by atoms with van der Waals surface area (Å²) >= 11 is 0. The highest BCUT2D eigenvalue weighted by Crippen LogP contribution is 1.95. The van der Waals surface area contributed by atoms with Gasteiger partial charge in [0.05, 0.1) is 0 Å². The molecule has 0 unspecified atom stereocenters. The van der Waals surface area contributed by atoms with E-state index < -0.39 is 0 Å². The van der Waals surface area contributed by atoms with Crippen molar-refractivity contribution in [2.45, 2.75) is 13.3 Å². The first kappa shape index (κ1) is 8.01. The van der Waals surface area contributed by atoms with Crippen molar-refractivity contribution in [3.8, 4) is 0 Å². The number of carbonyl (C=O) groups excluding carboxylic acids is 1. The Morgan fingerprint density at radius 3 is 2.44 bits per heavy atom. The molecule has 0 aromatic heterocycles. The number of amides is 1. The molecule has 0 bridgehead atoms. The minimum Gasteiger partial charge on any atom is -0.404 e. The molecular formula is C6H12N2O. The Bertz CT molecular complexity index is 129. The Kier molecular flexibility index (Phi) is 3.51. The highest BCUT2D eigenvalue weighted by atomic mass is 16.1. The van der Waals surface area contributed by atoms with Crippen LogP contribution >= 0.6 is 0 Å². The van der Waals surface area contributed by atoms with Crippen molar-refractivity contribution in [3.05, 3.63) is 11.8 Å². The topological polar surface area (TPSA) is 55.1 Å². The number of carbonyl (C=O) groups is 1. The van der Waals surface area contributed by atoms with Gasteiger partial charge < -0.3 is 11.1 Å². The minimum absolute atomic E-state index is 0.0972. The molecule has 52 valence electrons. The summed E-state index contributed by atoms with van der Waals surface area (Å²) in [4.78, 5) is 10.7. The van der Waals surface area contributed by atoms with Gasteiger partial charge in [-0.15, -0.1) is 0 Å². The monoisotopic (exact) mass is 128 g/mol. The molecule has 9 heavy (non-hydrogen) atoms. The molecule has 0 aromatic carbocycles. The van der Waals surface area contributed by atoms with Crippen LogP contribution in [0.2, 0.25) is 0 Å². The molecule has 1 amide bonds. The van der Waals surface area contributed by atoms with Crippen LogP contribution in [-0.4, -0.2) is 13.0 Å². The zero-order valence-corrected chi connectivity index (χ0v) is 5.77. The summed E-state index contributed by atoms with van der Waals surface area (Å²) in [6.07, 6.45) is 2.01. The van der Waals surface area contributed by atoms with Crippen LogP contribution in [0.5, 0.6) is 0 Å². The number of likely N-dealkylation sites (N-methyl/N-ethyl adjacent to an activating group) is 1. The molecule has 0 rings (SSSR count). The highest BCUT2D eigenvalue weighted by molar-refractivity contribution is 5.92. The largest absolute Gasteiger partial charge is 0.404 e. The van der Waals surface area contributed by atoms with E-state index in [0.717, 1.165) is 0 Å². The lowest BCUT2D eigenvalue weighted by atomic mass is 10.2. The summed E-state index contributed by atoms with van der Waals surface area (Å²) in [5.41, 5.74) is 5.76. The van der Waals surface area contributed by atoms with Gasteiger partial charge in [0.15, 0.2) is 0 Å². The molecule has 0 fully saturated rings. The van der Waals surface area contributed by atoms with Gasteiger partial charge in [0.1, 0.15) is 0 Å². The molecule has 0 radical (unpaired) electrons. The molecule has 0 aliphatic heterocycles. The second-order valence-electron chi connectivity index (χ2n) is 1.62. The van der Waals surface area contributed by atoms with E-state index in [-0.39, 0.29) is 5.91 Å². The molecule has 0 heterocycles. The Labute approximate surface area is 54.9 Å². The average Bonchev–Trinajstić information content (AvgIpc) is 1.90. The summed E-state index contributed by atoms with van der Waals surface area (Å²) in [5, 5.41) is 2.48. The van der Waals surface area contributed by atoms with Crippen LogP contribution in [0.1, 0.15) is 13.3 Å². The maximum absolute atomic E-state index is 10.7. The van der Waals surface area contributed by atoms with Crippen molar-refractivity contribution in [1.82, 2.24) is 5.32 Å². The van der Waals surface area contributed by atoms with Gasteiger partial charge >= 0.3 is 0 Å². The first-order valence-corrected chi connectivity index (χ1v) is 2.89. The van der Waals surface area contributed by atoms with Crippen molar-refractivity contribution in [3.63, 3.8) is 0 Å². The standard InChI is InChI=1S/C6H12N2O/c1-3-5(4-7)6(9)8-2/h4H,3,7H2,1-2H3,(H,8,9)/b5-4+. The lowest BCUT2D eigenvalue weighted by molar-refractivity contribution is -0.117. The average molecular weight is 128 g/mol. The molecule has 0 aromatic rings. The van der Waals surface area contributed by atoms with E-state index in [1.54, 1.807) is 7.05 Å². The van der Waals surface area contributed by atoms with Crippen molar-refractivity contribution in [2.75, 3.05) is 7.05 Å². The van der Waals surface area contributed by atoms with Crippen LogP contribution in [0, 0.1) is 0 Å². The molecule has 0 saturated heterocycles. The zero-order chi connectivity index (χ0) is 7.28. The fraction of sp³-hybridized carbons (Fsp3) is 0.500. The quantitative estimate of drug-likeness (QED) is 0.514. The van der Waals surface area contributed by atoms with Gasteiger partial charge in [0.2, 0.25) is 5.91 Å². The second kappa shape index (κ2) is 3.95. The van der Waals surface area contributed by atoms with E-state index >= 15 is 0 Å². The van der Waals surface area contributed by atoms with Gasteiger partial charge in [-0.1, -0.05) is 6.92 Å². The van der Waals surface area contributed by atoms with Gasteiger partial charge in [-0.3, -0.25) is 4.79 Å². The van der Waals surface area contributed by atoms with E-state index in [9.17, 15) is 4.79 Å². The van der Waals surface area contributed by atoms with Crippen LogP contribution in [-0.2, 0) is 4.79 Å². The molecule has 3 N–H and O–H groups in total. The number of hydrogen-bond acceptors (Lipinski definition) is 2. The molecule has 3 nitrogen and oxygen atoms in total. The smallest absolute Gasteiger partial charge is 0.248 e. The van der Waals surface area contributed by atoms with Crippen LogP contribution in [0.4, 0.5) is 0 Å². The van der Waals surface area contributed by atoms with Crippen LogP contribution in [0.3, 0.4) is 0 Å². The third-order valence-corrected chi connectivity index (χ3v) is 1.10. The lowest BCUT2D eigenvalue weighted by Crippen LogP contribution is -2.20. The molecule has 0 saturated carbocycles. The van der Waals surface area contributed by atoms with Crippen LogP contribution in [0.25, 0.3) is 0 Å². The first-order valence-electron chi connectivity index (χ1n) is 2.89. The lowest BCUT2D eigenvalue weighted by Gasteiger charge is -1.98. The van der Waals surface area contributed by atoms with Crippen molar-refractivity contribution < 1.29 is 4.79 Å². The fourth-order valence-corrected chi connectivity index (χ4v) is 0.515. The summed E-state index contributed by atoms with van der Waals surface area (Å²) in [6, 6.07) is 0. The Hall–Kier alpha value is -0.990. The molecule has 0 aliphatic rings. The van der Waals surface area contributed by atoms with E-state index in [0.29, 0.717) is 12.0 Å². The third kappa shape index (κ3) is 2.17. The third-order valence-electron chi connectivity index (χ3n) is 1.10. The normalized spacial score (nSPS) is 11.1. The summed E-state index contributed by atoms with van der Waals surface area (Å²) < 4.78 is 0. The van der Waals surface area contributed by atoms with Gasteiger partial charge in [-0.05, 0) is 6.42 Å². The van der Waals surface area contributed by atoms with E-state index in [2.05, 4.69) is 5.32 Å². The van der Waals surface area contributed by atoms with Gasteiger partial charge in [0, 0.05) is 18.8 Å². The Morgan fingerprint density at radius 2 is 2.33 bits per heavy atom. The minimum atomic E-state index is -0.0972. The van der Waals surface area contributed by atoms with E-state index in [1.807, 2.05) is 6.92 Å². The maximum Gasteiger partial charge on any atom is 0.248 e. The van der Waals surface area contributed by atoms with Crippen LogP contribution in [0.15, 0.2) is 11.8 Å². The highest BCUT2D eigenvalue weighted by Gasteiger charge is 2.01. The number of hydrogen-bond donors (Lipinski definition) is 2. The number of nitrogens with two attached hydrogens (primary N) is 1. The first-order chi connectivity index (χ1) is 4.26.